The zero-order valence-corrected chi connectivity index (χ0v) is 12.9. The summed E-state index contributed by atoms with van der Waals surface area (Å²) in [5.41, 5.74) is 5.62. The highest BCUT2D eigenvalue weighted by atomic mass is 32.2. The van der Waals surface area contributed by atoms with E-state index in [-0.39, 0.29) is 5.03 Å². The van der Waals surface area contributed by atoms with Crippen molar-refractivity contribution in [2.75, 3.05) is 39.3 Å². The molecule has 1 atom stereocenters. The van der Waals surface area contributed by atoms with Crippen LogP contribution in [0.1, 0.15) is 6.92 Å². The summed E-state index contributed by atoms with van der Waals surface area (Å²) < 4.78 is 27.9. The van der Waals surface area contributed by atoms with E-state index in [0.717, 1.165) is 19.6 Å². The number of aromatic nitrogens is 2. The molecular weight excluding hydrogens is 278 g/mol. The minimum absolute atomic E-state index is 0.251. The highest BCUT2D eigenvalue weighted by molar-refractivity contribution is 7.89. The van der Waals surface area contributed by atoms with E-state index in [0.29, 0.717) is 25.6 Å². The summed E-state index contributed by atoms with van der Waals surface area (Å²) in [6.45, 7) is 6.24. The summed E-state index contributed by atoms with van der Waals surface area (Å²) in [5, 5.41) is 4.18. The topological polar surface area (TPSA) is 84.5 Å². The SMILES string of the molecule is CC(CN)CN1CCN(S(=O)(=O)c2ccnn2C)CC1. The molecule has 1 unspecified atom stereocenters. The predicted molar refractivity (Wildman–Crippen MR) is 76.6 cm³/mol. The first-order chi connectivity index (χ1) is 9.45. The zero-order chi connectivity index (χ0) is 14.8. The van der Waals surface area contributed by atoms with E-state index in [2.05, 4.69) is 16.9 Å². The van der Waals surface area contributed by atoms with E-state index < -0.39 is 10.0 Å². The second-order valence-electron chi connectivity index (χ2n) is 5.34. The third-order valence-electron chi connectivity index (χ3n) is 3.68. The molecule has 1 aromatic heterocycles. The van der Waals surface area contributed by atoms with Gasteiger partial charge in [-0.2, -0.15) is 9.40 Å². The van der Waals surface area contributed by atoms with Crippen molar-refractivity contribution in [1.82, 2.24) is 19.0 Å². The maximum atomic E-state index is 12.5. The highest BCUT2D eigenvalue weighted by Gasteiger charge is 2.30. The number of aryl methyl sites for hydroxylation is 1. The molecule has 1 aliphatic heterocycles. The van der Waals surface area contributed by atoms with E-state index in [9.17, 15) is 8.42 Å². The van der Waals surface area contributed by atoms with Gasteiger partial charge in [-0.05, 0) is 18.5 Å². The molecule has 2 N–H and O–H groups in total. The molecule has 20 heavy (non-hydrogen) atoms. The van der Waals surface area contributed by atoms with Crippen molar-refractivity contribution in [3.8, 4) is 0 Å². The molecule has 0 saturated carbocycles. The van der Waals surface area contributed by atoms with Gasteiger partial charge in [0.25, 0.3) is 10.0 Å². The van der Waals surface area contributed by atoms with Crippen molar-refractivity contribution in [1.29, 1.82) is 0 Å². The second-order valence-corrected chi connectivity index (χ2v) is 7.22. The lowest BCUT2D eigenvalue weighted by molar-refractivity contribution is 0.169. The second kappa shape index (κ2) is 6.21. The van der Waals surface area contributed by atoms with Gasteiger partial charge >= 0.3 is 0 Å². The first kappa shape index (κ1) is 15.4. The van der Waals surface area contributed by atoms with Crippen molar-refractivity contribution < 1.29 is 8.42 Å². The van der Waals surface area contributed by atoms with Crippen molar-refractivity contribution in [2.24, 2.45) is 18.7 Å². The third-order valence-corrected chi connectivity index (χ3v) is 5.66. The highest BCUT2D eigenvalue weighted by Crippen LogP contribution is 2.16. The van der Waals surface area contributed by atoms with Crippen LogP contribution in [0.3, 0.4) is 0 Å². The van der Waals surface area contributed by atoms with Crippen LogP contribution in [-0.2, 0) is 17.1 Å². The molecule has 7 nitrogen and oxygen atoms in total. The molecule has 0 spiro atoms. The summed E-state index contributed by atoms with van der Waals surface area (Å²) in [6.07, 6.45) is 1.51. The fourth-order valence-corrected chi connectivity index (χ4v) is 3.94. The van der Waals surface area contributed by atoms with Gasteiger partial charge in [-0.25, -0.2) is 8.42 Å². The lowest BCUT2D eigenvalue weighted by atomic mass is 10.1. The first-order valence-electron chi connectivity index (χ1n) is 6.85. The molecule has 0 radical (unpaired) electrons. The zero-order valence-electron chi connectivity index (χ0n) is 12.1. The molecule has 1 fully saturated rings. The van der Waals surface area contributed by atoms with E-state index in [1.165, 1.54) is 21.3 Å². The average molecular weight is 301 g/mol. The minimum atomic E-state index is -3.42. The van der Waals surface area contributed by atoms with Gasteiger partial charge in [-0.15, -0.1) is 0 Å². The maximum Gasteiger partial charge on any atom is 0.260 e. The molecule has 114 valence electrons. The van der Waals surface area contributed by atoms with Crippen LogP contribution < -0.4 is 5.73 Å². The molecule has 0 amide bonds. The fourth-order valence-electron chi connectivity index (χ4n) is 2.41. The van der Waals surface area contributed by atoms with Gasteiger partial charge in [0.05, 0.1) is 6.20 Å². The molecule has 0 aliphatic carbocycles. The molecule has 1 aliphatic rings. The molecule has 2 rings (SSSR count). The van der Waals surface area contributed by atoms with Gasteiger partial charge in [0, 0.05) is 39.8 Å². The van der Waals surface area contributed by atoms with Crippen LogP contribution in [0.25, 0.3) is 0 Å². The predicted octanol–water partition coefficient (Wildman–Crippen LogP) is -0.679. The number of hydrogen-bond donors (Lipinski definition) is 1. The van der Waals surface area contributed by atoms with Gasteiger partial charge in [-0.3, -0.25) is 4.68 Å². The van der Waals surface area contributed by atoms with Crippen LogP contribution >= 0.6 is 0 Å². The Bertz CT molecular complexity index is 534. The van der Waals surface area contributed by atoms with Crippen molar-refractivity contribution in [3.05, 3.63) is 12.3 Å². The van der Waals surface area contributed by atoms with Gasteiger partial charge < -0.3 is 10.6 Å². The van der Waals surface area contributed by atoms with Crippen LogP contribution in [-0.4, -0.2) is 66.7 Å². The number of rotatable bonds is 5. The molecule has 0 aromatic carbocycles. The van der Waals surface area contributed by atoms with Gasteiger partial charge in [0.15, 0.2) is 5.03 Å². The van der Waals surface area contributed by atoms with Crippen molar-refractivity contribution in [3.63, 3.8) is 0 Å². The monoisotopic (exact) mass is 301 g/mol. The Morgan fingerprint density at radius 1 is 1.35 bits per heavy atom. The number of hydrogen-bond acceptors (Lipinski definition) is 5. The summed E-state index contributed by atoms with van der Waals surface area (Å²) in [7, 11) is -1.78. The molecule has 8 heteroatoms. The van der Waals surface area contributed by atoms with E-state index in [4.69, 9.17) is 5.73 Å². The van der Waals surface area contributed by atoms with Gasteiger partial charge in [-0.1, -0.05) is 6.92 Å². The standard InChI is InChI=1S/C12H23N5O2S/c1-11(9-13)10-16-5-7-17(8-6-16)20(18,19)12-3-4-14-15(12)2/h3-4,11H,5-10,13H2,1-2H3. The normalized spacial score (nSPS) is 20.1. The summed E-state index contributed by atoms with van der Waals surface area (Å²) >= 11 is 0. The van der Waals surface area contributed by atoms with E-state index in [1.807, 2.05) is 0 Å². The smallest absolute Gasteiger partial charge is 0.260 e. The Kier molecular flexibility index (Phi) is 4.79. The lowest BCUT2D eigenvalue weighted by Gasteiger charge is -2.34. The molecule has 0 bridgehead atoms. The number of nitrogens with zero attached hydrogens (tertiary/aromatic N) is 4. The van der Waals surface area contributed by atoms with Crippen LogP contribution in [0, 0.1) is 5.92 Å². The Balaban J connectivity index is 1.99. The summed E-state index contributed by atoms with van der Waals surface area (Å²) in [6, 6.07) is 1.54. The van der Waals surface area contributed by atoms with E-state index in [1.54, 1.807) is 7.05 Å². The Morgan fingerprint density at radius 2 is 2.00 bits per heavy atom. The molecule has 1 saturated heterocycles. The van der Waals surface area contributed by atoms with Crippen molar-refractivity contribution in [2.45, 2.75) is 11.9 Å². The van der Waals surface area contributed by atoms with Crippen LogP contribution in [0.15, 0.2) is 17.3 Å². The molecule has 2 heterocycles. The van der Waals surface area contributed by atoms with Crippen LogP contribution in [0.2, 0.25) is 0 Å². The van der Waals surface area contributed by atoms with Crippen LogP contribution in [0.4, 0.5) is 0 Å². The number of piperazine rings is 1. The maximum absolute atomic E-state index is 12.5. The number of nitrogens with two attached hydrogens (primary N) is 1. The molecular formula is C12H23N5O2S. The minimum Gasteiger partial charge on any atom is -0.330 e. The number of sulfonamides is 1. The Hall–Kier alpha value is -0.960. The molecule has 1 aromatic rings. The fraction of sp³-hybridized carbons (Fsp3) is 0.750. The quantitative estimate of drug-likeness (QED) is 0.779. The largest absolute Gasteiger partial charge is 0.330 e. The Morgan fingerprint density at radius 3 is 2.50 bits per heavy atom. The third kappa shape index (κ3) is 3.20. The summed E-state index contributed by atoms with van der Waals surface area (Å²) in [4.78, 5) is 2.27. The van der Waals surface area contributed by atoms with Gasteiger partial charge in [0.2, 0.25) is 0 Å². The summed E-state index contributed by atoms with van der Waals surface area (Å²) in [5.74, 6) is 0.440. The first-order valence-corrected chi connectivity index (χ1v) is 8.29. The van der Waals surface area contributed by atoms with Crippen molar-refractivity contribution >= 4 is 10.0 Å². The van der Waals surface area contributed by atoms with E-state index >= 15 is 0 Å². The average Bonchev–Trinajstić information content (AvgIpc) is 2.86. The lowest BCUT2D eigenvalue weighted by Crippen LogP contribution is -2.50. The van der Waals surface area contributed by atoms with Gasteiger partial charge in [0.1, 0.15) is 0 Å². The Labute approximate surface area is 120 Å². The van der Waals surface area contributed by atoms with Crippen LogP contribution in [0.5, 0.6) is 0 Å².